The number of rotatable bonds is 8. The minimum atomic E-state index is -0.783. The molecule has 1 saturated heterocycles. The van der Waals surface area contributed by atoms with E-state index < -0.39 is 5.54 Å². The molecular weight excluding hydrogens is 300 g/mol. The Kier molecular flexibility index (Phi) is 7.21. The summed E-state index contributed by atoms with van der Waals surface area (Å²) in [6.07, 6.45) is 2.12. The molecule has 0 radical (unpaired) electrons. The summed E-state index contributed by atoms with van der Waals surface area (Å²) < 4.78 is 0. The second kappa shape index (κ2) is 9.16. The molecule has 1 aromatic carbocycles. The van der Waals surface area contributed by atoms with E-state index in [0.29, 0.717) is 6.54 Å². The first kappa shape index (κ1) is 18.9. The lowest BCUT2D eigenvalue weighted by Gasteiger charge is -2.34. The lowest BCUT2D eigenvalue weighted by molar-refractivity contribution is -0.125. The van der Waals surface area contributed by atoms with Gasteiger partial charge in [0, 0.05) is 39.3 Å². The number of hydrogen-bond donors (Lipinski definition) is 2. The van der Waals surface area contributed by atoms with Gasteiger partial charge in [0.1, 0.15) is 0 Å². The Morgan fingerprint density at radius 3 is 2.33 bits per heavy atom. The molecular formula is C19H32N4O. The summed E-state index contributed by atoms with van der Waals surface area (Å²) in [6.45, 7) is 10.9. The number of hydrogen-bond acceptors (Lipinski definition) is 4. The lowest BCUT2D eigenvalue weighted by atomic mass is 10.1. The summed E-state index contributed by atoms with van der Waals surface area (Å²) in [7, 11) is 0. The number of nitrogens with zero attached hydrogens (tertiary/aromatic N) is 2. The Labute approximate surface area is 146 Å². The molecule has 24 heavy (non-hydrogen) atoms. The summed E-state index contributed by atoms with van der Waals surface area (Å²) in [6, 6.07) is 10.7. The van der Waals surface area contributed by atoms with E-state index in [2.05, 4.69) is 45.4 Å². The number of carbonyl (C=O) groups is 1. The maximum absolute atomic E-state index is 11.7. The topological polar surface area (TPSA) is 61.6 Å². The van der Waals surface area contributed by atoms with Gasteiger partial charge in [0.25, 0.3) is 0 Å². The van der Waals surface area contributed by atoms with Crippen LogP contribution in [-0.2, 0) is 11.3 Å². The molecule has 0 bridgehead atoms. The molecule has 5 heteroatoms. The van der Waals surface area contributed by atoms with Crippen molar-refractivity contribution < 1.29 is 4.79 Å². The standard InChI is InChI=1S/C19H32N4O/c1-19(2,20)18(24)21-10-6-7-11-22-12-14-23(15-13-22)16-17-8-4-3-5-9-17/h3-5,8-9H,6-7,10-16,20H2,1-2H3,(H,21,24). The first-order valence-electron chi connectivity index (χ1n) is 9.01. The molecule has 3 N–H and O–H groups in total. The van der Waals surface area contributed by atoms with Gasteiger partial charge in [-0.25, -0.2) is 0 Å². The molecule has 1 aliphatic rings. The van der Waals surface area contributed by atoms with Crippen molar-refractivity contribution >= 4 is 5.91 Å². The molecule has 1 amide bonds. The Morgan fingerprint density at radius 1 is 1.08 bits per heavy atom. The van der Waals surface area contributed by atoms with Gasteiger partial charge >= 0.3 is 0 Å². The smallest absolute Gasteiger partial charge is 0.239 e. The molecule has 2 rings (SSSR count). The third-order valence-corrected chi connectivity index (χ3v) is 4.49. The van der Waals surface area contributed by atoms with Crippen LogP contribution >= 0.6 is 0 Å². The molecule has 1 aliphatic heterocycles. The summed E-state index contributed by atoms with van der Waals surface area (Å²) >= 11 is 0. The molecule has 0 spiro atoms. The number of nitrogens with one attached hydrogen (secondary N) is 1. The maximum Gasteiger partial charge on any atom is 0.239 e. The third-order valence-electron chi connectivity index (χ3n) is 4.49. The summed E-state index contributed by atoms with van der Waals surface area (Å²) in [5, 5.41) is 2.90. The minimum Gasteiger partial charge on any atom is -0.355 e. The Morgan fingerprint density at radius 2 is 1.71 bits per heavy atom. The predicted molar refractivity (Wildman–Crippen MR) is 98.7 cm³/mol. The van der Waals surface area contributed by atoms with Gasteiger partial charge in [0.05, 0.1) is 5.54 Å². The van der Waals surface area contributed by atoms with E-state index in [4.69, 9.17) is 5.73 Å². The van der Waals surface area contributed by atoms with Gasteiger partial charge in [-0.05, 0) is 38.8 Å². The average molecular weight is 332 g/mol. The van der Waals surface area contributed by atoms with Crippen molar-refractivity contribution in [2.24, 2.45) is 5.73 Å². The lowest BCUT2D eigenvalue weighted by Crippen LogP contribution is -2.49. The molecule has 1 aromatic rings. The first-order chi connectivity index (χ1) is 11.4. The van der Waals surface area contributed by atoms with Crippen LogP contribution in [0.3, 0.4) is 0 Å². The molecule has 0 atom stereocenters. The highest BCUT2D eigenvalue weighted by Crippen LogP contribution is 2.09. The van der Waals surface area contributed by atoms with Crippen LogP contribution in [-0.4, -0.2) is 60.5 Å². The summed E-state index contributed by atoms with van der Waals surface area (Å²) in [5.41, 5.74) is 6.36. The molecule has 1 fully saturated rings. The first-order valence-corrected chi connectivity index (χ1v) is 9.01. The monoisotopic (exact) mass is 332 g/mol. The molecule has 1 heterocycles. The zero-order valence-electron chi connectivity index (χ0n) is 15.1. The van der Waals surface area contributed by atoms with Gasteiger partial charge < -0.3 is 16.0 Å². The quantitative estimate of drug-likeness (QED) is 0.707. The van der Waals surface area contributed by atoms with Gasteiger partial charge in [-0.2, -0.15) is 0 Å². The minimum absolute atomic E-state index is 0.0722. The van der Waals surface area contributed by atoms with Crippen molar-refractivity contribution in [1.82, 2.24) is 15.1 Å². The third kappa shape index (κ3) is 6.59. The van der Waals surface area contributed by atoms with Crippen LogP contribution < -0.4 is 11.1 Å². The van der Waals surface area contributed by atoms with Crippen molar-refractivity contribution in [2.45, 2.75) is 38.8 Å². The Hall–Kier alpha value is -1.43. The Bertz CT molecular complexity index is 490. The van der Waals surface area contributed by atoms with Crippen molar-refractivity contribution in [1.29, 1.82) is 0 Å². The van der Waals surface area contributed by atoms with E-state index in [1.165, 1.54) is 5.56 Å². The van der Waals surface area contributed by atoms with Crippen LogP contribution in [0.5, 0.6) is 0 Å². The van der Waals surface area contributed by atoms with E-state index in [9.17, 15) is 4.79 Å². The van der Waals surface area contributed by atoms with Crippen molar-refractivity contribution in [2.75, 3.05) is 39.3 Å². The van der Waals surface area contributed by atoms with Crippen molar-refractivity contribution in [3.63, 3.8) is 0 Å². The van der Waals surface area contributed by atoms with Crippen LogP contribution in [0.4, 0.5) is 0 Å². The van der Waals surface area contributed by atoms with Gasteiger partial charge in [0.15, 0.2) is 0 Å². The number of carbonyl (C=O) groups excluding carboxylic acids is 1. The fourth-order valence-electron chi connectivity index (χ4n) is 2.90. The second-order valence-electron chi connectivity index (χ2n) is 7.29. The number of piperazine rings is 1. The van der Waals surface area contributed by atoms with Crippen LogP contribution in [0.2, 0.25) is 0 Å². The van der Waals surface area contributed by atoms with Gasteiger partial charge in [-0.3, -0.25) is 9.69 Å². The number of amides is 1. The van der Waals surface area contributed by atoms with E-state index in [-0.39, 0.29) is 5.91 Å². The fourth-order valence-corrected chi connectivity index (χ4v) is 2.90. The largest absolute Gasteiger partial charge is 0.355 e. The van der Waals surface area contributed by atoms with Crippen LogP contribution in [0, 0.1) is 0 Å². The highest BCUT2D eigenvalue weighted by atomic mass is 16.2. The molecule has 0 aliphatic carbocycles. The average Bonchev–Trinajstić information content (AvgIpc) is 2.56. The normalized spacial score (nSPS) is 17.0. The fraction of sp³-hybridized carbons (Fsp3) is 0.632. The van der Waals surface area contributed by atoms with Gasteiger partial charge in [-0.1, -0.05) is 30.3 Å². The summed E-state index contributed by atoms with van der Waals surface area (Å²) in [4.78, 5) is 16.7. The Balaban J connectivity index is 1.54. The van der Waals surface area contributed by atoms with Gasteiger partial charge in [0.2, 0.25) is 5.91 Å². The highest BCUT2D eigenvalue weighted by molar-refractivity contribution is 5.84. The molecule has 0 unspecified atom stereocenters. The van der Waals surface area contributed by atoms with Crippen molar-refractivity contribution in [3.05, 3.63) is 35.9 Å². The number of benzene rings is 1. The summed E-state index contributed by atoms with van der Waals surface area (Å²) in [5.74, 6) is -0.0722. The molecule has 0 saturated carbocycles. The van der Waals surface area contributed by atoms with Crippen molar-refractivity contribution in [3.8, 4) is 0 Å². The second-order valence-corrected chi connectivity index (χ2v) is 7.29. The highest BCUT2D eigenvalue weighted by Gasteiger charge is 2.21. The zero-order chi connectivity index (χ0) is 17.4. The van der Waals surface area contributed by atoms with Crippen LogP contribution in [0.1, 0.15) is 32.3 Å². The zero-order valence-corrected chi connectivity index (χ0v) is 15.1. The molecule has 134 valence electrons. The predicted octanol–water partition coefficient (Wildman–Crippen LogP) is 1.44. The van der Waals surface area contributed by atoms with Crippen LogP contribution in [0.25, 0.3) is 0 Å². The molecule has 0 aromatic heterocycles. The van der Waals surface area contributed by atoms with E-state index in [1.54, 1.807) is 13.8 Å². The number of unbranched alkanes of at least 4 members (excludes halogenated alkanes) is 1. The van der Waals surface area contributed by atoms with E-state index >= 15 is 0 Å². The van der Waals surface area contributed by atoms with E-state index in [1.807, 2.05) is 0 Å². The SMILES string of the molecule is CC(C)(N)C(=O)NCCCCN1CCN(Cc2ccccc2)CC1. The number of nitrogens with two attached hydrogens (primary N) is 1. The molecule has 5 nitrogen and oxygen atoms in total. The van der Waals surface area contributed by atoms with Gasteiger partial charge in [-0.15, -0.1) is 0 Å². The van der Waals surface area contributed by atoms with Crippen LogP contribution in [0.15, 0.2) is 30.3 Å². The maximum atomic E-state index is 11.7. The van der Waals surface area contributed by atoms with E-state index in [0.717, 1.165) is 52.1 Å².